The van der Waals surface area contributed by atoms with Crippen LogP contribution in [-0.2, 0) is 9.53 Å². The van der Waals surface area contributed by atoms with E-state index in [1.54, 1.807) is 28.6 Å². The van der Waals surface area contributed by atoms with Crippen LogP contribution in [0.4, 0.5) is 0 Å². The predicted molar refractivity (Wildman–Crippen MR) is 106 cm³/mol. The number of halogens is 1. The maximum atomic E-state index is 12.6. The number of ether oxygens (including phenoxy) is 1. The minimum Gasteiger partial charge on any atom is -0.448 e. The van der Waals surface area contributed by atoms with Crippen molar-refractivity contribution < 1.29 is 14.3 Å². The normalized spacial score (nSPS) is 15.8. The maximum Gasteiger partial charge on any atom is 0.359 e. The predicted octanol–water partition coefficient (Wildman–Crippen LogP) is 3.49. The van der Waals surface area contributed by atoms with Crippen molar-refractivity contribution in [3.63, 3.8) is 0 Å². The Hall–Kier alpha value is -2.41. The first kappa shape index (κ1) is 20.3. The molecule has 2 aromatic heterocycles. The Morgan fingerprint density at radius 1 is 1.14 bits per heavy atom. The van der Waals surface area contributed by atoms with Crippen molar-refractivity contribution in [1.82, 2.24) is 19.7 Å². The molecule has 0 spiro atoms. The summed E-state index contributed by atoms with van der Waals surface area (Å²) in [6.07, 6.45) is 3.31. The number of carbonyl (C=O) groups is 2. The van der Waals surface area contributed by atoms with Gasteiger partial charge >= 0.3 is 5.97 Å². The number of amides is 1. The molecule has 1 aliphatic rings. The van der Waals surface area contributed by atoms with E-state index in [4.69, 9.17) is 16.3 Å². The Morgan fingerprint density at radius 2 is 1.82 bits per heavy atom. The second kappa shape index (κ2) is 8.73. The van der Waals surface area contributed by atoms with Crippen molar-refractivity contribution >= 4 is 23.5 Å². The number of aryl methyl sites for hydroxylation is 2. The molecule has 1 atom stereocenters. The van der Waals surface area contributed by atoms with E-state index in [0.717, 1.165) is 37.1 Å². The molecule has 1 amide bonds. The van der Waals surface area contributed by atoms with Gasteiger partial charge in [0, 0.05) is 18.8 Å². The third kappa shape index (κ3) is 4.52. The molecule has 0 saturated carbocycles. The van der Waals surface area contributed by atoms with Gasteiger partial charge in [0.25, 0.3) is 5.91 Å². The number of likely N-dealkylation sites (tertiary alicyclic amines) is 1. The Labute approximate surface area is 169 Å². The van der Waals surface area contributed by atoms with Crippen LogP contribution >= 0.6 is 11.6 Å². The summed E-state index contributed by atoms with van der Waals surface area (Å²) < 4.78 is 7.03. The number of hydrogen-bond acceptors (Lipinski definition) is 5. The Kier molecular flexibility index (Phi) is 6.34. The summed E-state index contributed by atoms with van der Waals surface area (Å²) in [6, 6.07) is 5.18. The molecule has 0 aromatic carbocycles. The zero-order chi connectivity index (χ0) is 20.3. The van der Waals surface area contributed by atoms with Gasteiger partial charge in [0.2, 0.25) is 0 Å². The van der Waals surface area contributed by atoms with Crippen LogP contribution in [0.2, 0.25) is 5.02 Å². The molecule has 2 aromatic rings. The van der Waals surface area contributed by atoms with Crippen molar-refractivity contribution in [1.29, 1.82) is 0 Å². The van der Waals surface area contributed by atoms with Gasteiger partial charge in [-0.05, 0) is 51.8 Å². The van der Waals surface area contributed by atoms with Crippen LogP contribution in [0.1, 0.15) is 54.5 Å². The molecular weight excluding hydrogens is 380 g/mol. The number of carbonyl (C=O) groups excluding carboxylic acids is 2. The van der Waals surface area contributed by atoms with Crippen LogP contribution in [0.15, 0.2) is 18.2 Å². The van der Waals surface area contributed by atoms with E-state index in [1.807, 2.05) is 19.9 Å². The molecule has 3 heterocycles. The van der Waals surface area contributed by atoms with E-state index in [2.05, 4.69) is 10.1 Å². The van der Waals surface area contributed by atoms with Crippen LogP contribution in [0, 0.1) is 13.8 Å². The molecule has 7 nitrogen and oxygen atoms in total. The van der Waals surface area contributed by atoms with Crippen molar-refractivity contribution in [3.05, 3.63) is 40.3 Å². The van der Waals surface area contributed by atoms with Gasteiger partial charge < -0.3 is 9.64 Å². The highest BCUT2D eigenvalue weighted by molar-refractivity contribution is 6.33. The molecule has 0 bridgehead atoms. The summed E-state index contributed by atoms with van der Waals surface area (Å²) in [5.41, 5.74) is 1.70. The highest BCUT2D eigenvalue weighted by Crippen LogP contribution is 2.20. The molecule has 0 N–H and O–H groups in total. The highest BCUT2D eigenvalue weighted by Gasteiger charge is 2.26. The molecule has 3 rings (SSSR count). The van der Waals surface area contributed by atoms with E-state index in [-0.39, 0.29) is 16.6 Å². The average Bonchev–Trinajstić information content (AvgIpc) is 2.86. The lowest BCUT2D eigenvalue weighted by molar-refractivity contribution is -0.139. The highest BCUT2D eigenvalue weighted by atomic mass is 35.5. The molecule has 0 aliphatic carbocycles. The van der Waals surface area contributed by atoms with Crippen LogP contribution in [0.3, 0.4) is 0 Å². The molecule has 1 aliphatic heterocycles. The first-order valence-electron chi connectivity index (χ1n) is 9.57. The van der Waals surface area contributed by atoms with Gasteiger partial charge in [-0.1, -0.05) is 24.4 Å². The fourth-order valence-corrected chi connectivity index (χ4v) is 3.55. The molecule has 1 fully saturated rings. The molecule has 0 radical (unpaired) electrons. The molecule has 150 valence electrons. The van der Waals surface area contributed by atoms with Gasteiger partial charge in [-0.2, -0.15) is 5.10 Å². The summed E-state index contributed by atoms with van der Waals surface area (Å²) in [5, 5.41) is 4.54. The number of nitrogens with zero attached hydrogens (tertiary/aromatic N) is 4. The smallest absolute Gasteiger partial charge is 0.359 e. The Balaban J connectivity index is 1.75. The monoisotopic (exact) mass is 404 g/mol. The Bertz CT molecular complexity index is 872. The summed E-state index contributed by atoms with van der Waals surface area (Å²) >= 11 is 6.17. The van der Waals surface area contributed by atoms with E-state index in [1.165, 1.54) is 0 Å². The van der Waals surface area contributed by atoms with Crippen molar-refractivity contribution in [2.45, 2.75) is 52.6 Å². The van der Waals surface area contributed by atoms with Crippen molar-refractivity contribution in [3.8, 4) is 5.82 Å². The third-order valence-corrected chi connectivity index (χ3v) is 5.11. The number of hydrogen-bond donors (Lipinski definition) is 0. The lowest BCUT2D eigenvalue weighted by Gasteiger charge is -2.24. The van der Waals surface area contributed by atoms with Gasteiger partial charge in [-0.15, -0.1) is 0 Å². The van der Waals surface area contributed by atoms with Crippen LogP contribution in [0.25, 0.3) is 5.82 Å². The minimum absolute atomic E-state index is 0.0257. The van der Waals surface area contributed by atoms with E-state index >= 15 is 0 Å². The summed E-state index contributed by atoms with van der Waals surface area (Å²) in [5.74, 6) is -0.432. The van der Waals surface area contributed by atoms with Gasteiger partial charge in [-0.25, -0.2) is 14.5 Å². The third-order valence-electron chi connectivity index (χ3n) is 4.80. The topological polar surface area (TPSA) is 77.3 Å². The molecule has 28 heavy (non-hydrogen) atoms. The largest absolute Gasteiger partial charge is 0.448 e. The quantitative estimate of drug-likeness (QED) is 0.729. The second-order valence-corrected chi connectivity index (χ2v) is 7.53. The van der Waals surface area contributed by atoms with Crippen LogP contribution in [-0.4, -0.2) is 50.7 Å². The van der Waals surface area contributed by atoms with Gasteiger partial charge in [0.15, 0.2) is 17.6 Å². The van der Waals surface area contributed by atoms with Crippen LogP contribution in [0.5, 0.6) is 0 Å². The molecular formula is C20H25ClN4O3. The van der Waals surface area contributed by atoms with Gasteiger partial charge in [0.05, 0.1) is 10.7 Å². The van der Waals surface area contributed by atoms with E-state index < -0.39 is 12.1 Å². The minimum atomic E-state index is -0.888. The first-order chi connectivity index (χ1) is 13.4. The molecule has 8 heteroatoms. The van der Waals surface area contributed by atoms with Crippen LogP contribution < -0.4 is 0 Å². The molecule has 1 unspecified atom stereocenters. The zero-order valence-electron chi connectivity index (χ0n) is 16.4. The molecule has 1 saturated heterocycles. The lowest BCUT2D eigenvalue weighted by Crippen LogP contribution is -2.40. The lowest BCUT2D eigenvalue weighted by atomic mass is 10.2. The average molecular weight is 405 g/mol. The Morgan fingerprint density at radius 3 is 2.43 bits per heavy atom. The number of rotatable bonds is 4. The van der Waals surface area contributed by atoms with E-state index in [9.17, 15) is 9.59 Å². The van der Waals surface area contributed by atoms with E-state index in [0.29, 0.717) is 18.9 Å². The van der Waals surface area contributed by atoms with Crippen molar-refractivity contribution in [2.75, 3.05) is 13.1 Å². The fourth-order valence-electron chi connectivity index (χ4n) is 3.37. The standard InChI is InChI=1S/C20H25ClN4O3/c1-13-12-14(2)25(23-13)17-9-8-16(21)18(22-17)20(27)28-15(3)19(26)24-10-6-4-5-7-11-24/h8-9,12,15H,4-7,10-11H2,1-3H3. The zero-order valence-corrected chi connectivity index (χ0v) is 17.2. The summed E-state index contributed by atoms with van der Waals surface area (Å²) in [6.45, 7) is 6.77. The maximum absolute atomic E-state index is 12.6. The second-order valence-electron chi connectivity index (χ2n) is 7.13. The van der Waals surface area contributed by atoms with Gasteiger partial charge in [-0.3, -0.25) is 4.79 Å². The number of aromatic nitrogens is 3. The summed E-state index contributed by atoms with van der Waals surface area (Å²) in [4.78, 5) is 31.4. The number of esters is 1. The number of pyridine rings is 1. The fraction of sp³-hybridized carbons (Fsp3) is 0.500. The SMILES string of the molecule is Cc1cc(C)n(-c2ccc(Cl)c(C(=O)OC(C)C(=O)N3CCCCCC3)n2)n1. The van der Waals surface area contributed by atoms with Crippen molar-refractivity contribution in [2.24, 2.45) is 0 Å². The van der Waals surface area contributed by atoms with Gasteiger partial charge in [0.1, 0.15) is 0 Å². The summed E-state index contributed by atoms with van der Waals surface area (Å²) in [7, 11) is 0. The first-order valence-corrected chi connectivity index (χ1v) is 9.94.